The van der Waals surface area contributed by atoms with Crippen molar-refractivity contribution in [2.75, 3.05) is 24.4 Å². The van der Waals surface area contributed by atoms with Gasteiger partial charge in [-0.2, -0.15) is 4.98 Å². The van der Waals surface area contributed by atoms with Crippen molar-refractivity contribution in [3.63, 3.8) is 0 Å². The third kappa shape index (κ3) is 3.85. The van der Waals surface area contributed by atoms with Crippen LogP contribution in [0, 0.1) is 0 Å². The van der Waals surface area contributed by atoms with E-state index in [0.717, 1.165) is 12.0 Å². The van der Waals surface area contributed by atoms with E-state index in [1.807, 2.05) is 47.1 Å². The van der Waals surface area contributed by atoms with Crippen molar-refractivity contribution in [1.29, 1.82) is 0 Å². The zero-order valence-electron chi connectivity index (χ0n) is 15.3. The van der Waals surface area contributed by atoms with Crippen molar-refractivity contribution in [2.24, 2.45) is 0 Å². The van der Waals surface area contributed by atoms with Crippen molar-refractivity contribution in [3.05, 3.63) is 70.7 Å². The van der Waals surface area contributed by atoms with Gasteiger partial charge in [0.25, 0.3) is 11.9 Å². The van der Waals surface area contributed by atoms with Gasteiger partial charge in [0.1, 0.15) is 6.61 Å². The molecular weight excluding hydrogens is 378 g/mol. The number of anilines is 2. The zero-order chi connectivity index (χ0) is 19.5. The van der Waals surface area contributed by atoms with Gasteiger partial charge in [-0.1, -0.05) is 54.1 Å². The topological polar surface area (TPSA) is 81.1 Å². The molecule has 1 amide bonds. The lowest BCUT2D eigenvalue weighted by Crippen LogP contribution is -2.28. The normalized spacial score (nSPS) is 18.2. The predicted molar refractivity (Wildman–Crippen MR) is 108 cm³/mol. The zero-order valence-corrected chi connectivity index (χ0v) is 16.1. The summed E-state index contributed by atoms with van der Waals surface area (Å²) in [7, 11) is 1.47. The van der Waals surface area contributed by atoms with Crippen LogP contribution in [0.1, 0.15) is 29.6 Å². The lowest BCUT2D eigenvalue weighted by molar-refractivity contribution is -0.119. The number of nitrogens with one attached hydrogen (secondary N) is 2. The minimum atomic E-state index is -0.298. The van der Waals surface area contributed by atoms with E-state index in [4.69, 9.17) is 16.3 Å². The van der Waals surface area contributed by atoms with Crippen LogP contribution in [0.2, 0.25) is 5.02 Å². The Bertz CT molecular complexity index is 958. The van der Waals surface area contributed by atoms with Gasteiger partial charge in [-0.15, -0.1) is 5.10 Å². The first-order valence-electron chi connectivity index (χ1n) is 8.96. The average molecular weight is 398 g/mol. The molecule has 28 heavy (non-hydrogen) atoms. The summed E-state index contributed by atoms with van der Waals surface area (Å²) in [6.07, 6.45) is 0.785. The molecule has 0 radical (unpaired) electrons. The molecule has 0 unspecified atom stereocenters. The Labute approximate surface area is 167 Å². The Morgan fingerprint density at radius 2 is 1.96 bits per heavy atom. The maximum Gasteiger partial charge on any atom is 0.252 e. The maximum absolute atomic E-state index is 11.8. The number of rotatable bonds is 5. The summed E-state index contributed by atoms with van der Waals surface area (Å²) in [6, 6.07) is 18.0. The molecule has 144 valence electrons. The predicted octanol–water partition coefficient (Wildman–Crippen LogP) is 3.66. The second kappa shape index (κ2) is 8.00. The van der Waals surface area contributed by atoms with E-state index in [0.29, 0.717) is 11.0 Å². The number of aromatic nitrogens is 3. The second-order valence-corrected chi connectivity index (χ2v) is 7.03. The van der Waals surface area contributed by atoms with Crippen LogP contribution < -0.4 is 10.6 Å². The molecule has 0 spiro atoms. The smallest absolute Gasteiger partial charge is 0.252 e. The molecule has 3 aromatic rings. The van der Waals surface area contributed by atoms with Crippen LogP contribution in [0.3, 0.4) is 0 Å². The number of ether oxygens (including phenoxy) is 1. The number of benzene rings is 2. The largest absolute Gasteiger partial charge is 0.375 e. The Hall–Kier alpha value is -2.90. The maximum atomic E-state index is 11.8. The molecule has 4 rings (SSSR count). The summed E-state index contributed by atoms with van der Waals surface area (Å²) < 4.78 is 6.66. The van der Waals surface area contributed by atoms with Crippen molar-refractivity contribution in [3.8, 4) is 0 Å². The molecule has 0 saturated heterocycles. The van der Waals surface area contributed by atoms with Gasteiger partial charge in [-0.3, -0.25) is 10.1 Å². The number of carbonyl (C=O) groups excluding carboxylic acids is 1. The van der Waals surface area contributed by atoms with Gasteiger partial charge in [-0.05, 0) is 29.7 Å². The third-order valence-electron chi connectivity index (χ3n) is 4.67. The number of halogens is 1. The van der Waals surface area contributed by atoms with Crippen molar-refractivity contribution >= 4 is 29.4 Å². The van der Waals surface area contributed by atoms with Crippen LogP contribution in [0.5, 0.6) is 0 Å². The Morgan fingerprint density at radius 1 is 1.21 bits per heavy atom. The van der Waals surface area contributed by atoms with Crippen molar-refractivity contribution < 1.29 is 9.53 Å². The van der Waals surface area contributed by atoms with E-state index >= 15 is 0 Å². The van der Waals surface area contributed by atoms with E-state index in [1.165, 1.54) is 12.7 Å². The number of fused-ring (bicyclic) bond motifs is 1. The Kier molecular flexibility index (Phi) is 5.27. The Morgan fingerprint density at radius 3 is 2.68 bits per heavy atom. The average Bonchev–Trinajstić information content (AvgIpc) is 3.11. The Balaban J connectivity index is 1.69. The van der Waals surface area contributed by atoms with Gasteiger partial charge in [0.2, 0.25) is 5.95 Å². The lowest BCUT2D eigenvalue weighted by atomic mass is 9.93. The van der Waals surface area contributed by atoms with E-state index < -0.39 is 0 Å². The van der Waals surface area contributed by atoms with Crippen LogP contribution in [0.15, 0.2) is 54.6 Å². The molecular formula is C20H20ClN5O2. The molecule has 2 atom stereocenters. The fourth-order valence-electron chi connectivity index (χ4n) is 3.39. The highest BCUT2D eigenvalue weighted by Crippen LogP contribution is 2.38. The molecule has 2 heterocycles. The number of hydrogen-bond donors (Lipinski definition) is 2. The van der Waals surface area contributed by atoms with Gasteiger partial charge in [0.15, 0.2) is 0 Å². The van der Waals surface area contributed by atoms with Crippen LogP contribution in [0.4, 0.5) is 11.9 Å². The van der Waals surface area contributed by atoms with Crippen molar-refractivity contribution in [1.82, 2.24) is 14.8 Å². The van der Waals surface area contributed by atoms with E-state index in [9.17, 15) is 4.79 Å². The summed E-state index contributed by atoms with van der Waals surface area (Å²) in [5.41, 5.74) is 2.24. The fourth-order valence-corrected chi connectivity index (χ4v) is 3.51. The van der Waals surface area contributed by atoms with Gasteiger partial charge < -0.3 is 10.1 Å². The van der Waals surface area contributed by atoms with Crippen LogP contribution >= 0.6 is 11.6 Å². The summed E-state index contributed by atoms with van der Waals surface area (Å²) in [5.74, 6) is 0.554. The first kappa shape index (κ1) is 18.5. The quantitative estimate of drug-likeness (QED) is 0.686. The van der Waals surface area contributed by atoms with Gasteiger partial charge in [0, 0.05) is 12.1 Å². The summed E-state index contributed by atoms with van der Waals surface area (Å²) >= 11 is 6.06. The molecule has 0 bridgehead atoms. The van der Waals surface area contributed by atoms with E-state index in [1.54, 1.807) is 0 Å². The molecule has 7 nitrogen and oxygen atoms in total. The van der Waals surface area contributed by atoms with Gasteiger partial charge in [0.05, 0.1) is 12.1 Å². The molecule has 2 N–H and O–H groups in total. The number of nitrogens with zero attached hydrogens (tertiary/aromatic N) is 3. The van der Waals surface area contributed by atoms with Crippen molar-refractivity contribution in [2.45, 2.75) is 18.5 Å². The number of amides is 1. The molecule has 0 fully saturated rings. The van der Waals surface area contributed by atoms with Crippen LogP contribution in [-0.2, 0) is 9.53 Å². The highest BCUT2D eigenvalue weighted by Gasteiger charge is 2.31. The molecule has 1 aliphatic heterocycles. The molecule has 0 aliphatic carbocycles. The molecule has 2 aromatic carbocycles. The van der Waals surface area contributed by atoms with E-state index in [2.05, 4.69) is 32.8 Å². The molecule has 0 saturated carbocycles. The summed E-state index contributed by atoms with van der Waals surface area (Å²) in [6.45, 7) is -0.0510. The highest BCUT2D eigenvalue weighted by atomic mass is 35.5. The highest BCUT2D eigenvalue weighted by molar-refractivity contribution is 6.30. The van der Waals surface area contributed by atoms with Gasteiger partial charge in [-0.25, -0.2) is 4.68 Å². The molecule has 8 heteroatoms. The lowest BCUT2D eigenvalue weighted by Gasteiger charge is -2.31. The first-order valence-corrected chi connectivity index (χ1v) is 9.34. The third-order valence-corrected chi connectivity index (χ3v) is 4.92. The fraction of sp³-hybridized carbons (Fsp3) is 0.250. The molecule has 1 aromatic heterocycles. The first-order chi connectivity index (χ1) is 13.6. The second-order valence-electron chi connectivity index (χ2n) is 6.60. The van der Waals surface area contributed by atoms with Crippen LogP contribution in [-0.4, -0.2) is 34.4 Å². The number of methoxy groups -OCH3 is 1. The summed E-state index contributed by atoms with van der Waals surface area (Å²) in [5, 5.41) is 11.3. The summed E-state index contributed by atoms with van der Waals surface area (Å²) in [4.78, 5) is 16.3. The molecule has 1 aliphatic rings. The van der Waals surface area contributed by atoms with E-state index in [-0.39, 0.29) is 30.5 Å². The van der Waals surface area contributed by atoms with Gasteiger partial charge >= 0.3 is 0 Å². The minimum Gasteiger partial charge on any atom is -0.375 e. The minimum absolute atomic E-state index is 0.0423. The van der Waals surface area contributed by atoms with Crippen LogP contribution in [0.25, 0.3) is 0 Å². The number of carbonyl (C=O) groups is 1. The standard InChI is InChI=1S/C20H20ClN5O2/c1-28-12-18(27)23-19-24-20-22-16(13-5-3-2-4-6-13)11-17(26(20)25-19)14-7-9-15(21)10-8-14/h2-10,16-17H,11-12H2,1H3,(H2,22,23,24,25,27)/t16-,17+/m0/s1. The monoisotopic (exact) mass is 397 g/mol. The number of hydrogen-bond acceptors (Lipinski definition) is 5. The SMILES string of the molecule is COCC(=O)Nc1nc2n(n1)[C@@H](c1ccc(Cl)cc1)C[C@@H](c1ccccc1)N2.